The first kappa shape index (κ1) is 13.3. The van der Waals surface area contributed by atoms with E-state index in [-0.39, 0.29) is 17.2 Å². The van der Waals surface area contributed by atoms with Crippen LogP contribution in [-0.2, 0) is 0 Å². The highest BCUT2D eigenvalue weighted by Gasteiger charge is 2.17. The molecule has 112 valence electrons. The van der Waals surface area contributed by atoms with Crippen LogP contribution in [0.3, 0.4) is 0 Å². The number of nitro groups is 1. The summed E-state index contributed by atoms with van der Waals surface area (Å²) in [6, 6.07) is 13.2. The van der Waals surface area contributed by atoms with Crippen LogP contribution in [0.2, 0.25) is 0 Å². The number of nitro benzene ring substituents is 1. The highest BCUT2D eigenvalue weighted by molar-refractivity contribution is 5.99. The minimum atomic E-state index is -0.421. The lowest BCUT2D eigenvalue weighted by molar-refractivity contribution is -0.480. The molecule has 0 aliphatic rings. The average molecular weight is 307 g/mol. The third-order valence-electron chi connectivity index (χ3n) is 4.02. The van der Waals surface area contributed by atoms with Crippen LogP contribution < -0.4 is 4.40 Å². The monoisotopic (exact) mass is 307 g/mol. The largest absolute Gasteiger partial charge is 0.504 e. The zero-order valence-corrected chi connectivity index (χ0v) is 11.8. The minimum absolute atomic E-state index is 0.0424. The van der Waals surface area contributed by atoms with Gasteiger partial charge in [0.25, 0.3) is 5.69 Å². The van der Waals surface area contributed by atoms with Crippen LogP contribution in [0.25, 0.3) is 27.2 Å². The normalized spacial score (nSPS) is 11.3. The van der Waals surface area contributed by atoms with Gasteiger partial charge in [0, 0.05) is 35.7 Å². The Kier molecular flexibility index (Phi) is 2.62. The molecule has 4 rings (SSSR count). The Balaban J connectivity index is 2.13. The van der Waals surface area contributed by atoms with Gasteiger partial charge in [0.1, 0.15) is 0 Å². The van der Waals surface area contributed by atoms with Gasteiger partial charge in [0.2, 0.25) is 11.0 Å². The van der Waals surface area contributed by atoms with E-state index in [4.69, 9.17) is 0 Å². The van der Waals surface area contributed by atoms with Crippen LogP contribution in [0, 0.1) is 10.1 Å². The molecule has 6 heteroatoms. The van der Waals surface area contributed by atoms with Crippen LogP contribution in [0.5, 0.6) is 11.5 Å². The number of phenols is 2. The van der Waals surface area contributed by atoms with E-state index < -0.39 is 4.92 Å². The molecule has 2 N–H and O–H groups in total. The zero-order valence-electron chi connectivity index (χ0n) is 11.8. The number of aromatic hydroxyl groups is 2. The van der Waals surface area contributed by atoms with Crippen molar-refractivity contribution in [2.24, 2.45) is 0 Å². The molecule has 0 saturated carbocycles. The van der Waals surface area contributed by atoms with E-state index in [1.165, 1.54) is 18.2 Å². The molecular weight excluding hydrogens is 296 g/mol. The number of nitrogens with zero attached hydrogens (tertiary/aromatic N) is 2. The van der Waals surface area contributed by atoms with Crippen molar-refractivity contribution in [3.63, 3.8) is 0 Å². The number of fused-ring (bicyclic) bond motifs is 5. The quantitative estimate of drug-likeness (QED) is 0.186. The van der Waals surface area contributed by atoms with Crippen molar-refractivity contribution < 1.29 is 19.5 Å². The topological polar surface area (TPSA) is 87.7 Å². The Hall–Kier alpha value is -3.41. The molecule has 0 bridgehead atoms. The van der Waals surface area contributed by atoms with Gasteiger partial charge in [-0.2, -0.15) is 4.40 Å². The average Bonchev–Trinajstić information content (AvgIpc) is 2.56. The summed E-state index contributed by atoms with van der Waals surface area (Å²) in [5.41, 5.74) is 1.70. The van der Waals surface area contributed by atoms with Gasteiger partial charge < -0.3 is 10.2 Å². The number of hydrogen-bond donors (Lipinski definition) is 2. The third-order valence-corrected chi connectivity index (χ3v) is 4.02. The van der Waals surface area contributed by atoms with Crippen molar-refractivity contribution in [1.29, 1.82) is 0 Å². The smallest absolute Gasteiger partial charge is 0.270 e. The number of pyridine rings is 2. The van der Waals surface area contributed by atoms with Gasteiger partial charge >= 0.3 is 0 Å². The van der Waals surface area contributed by atoms with Gasteiger partial charge in [-0.1, -0.05) is 0 Å². The second kappa shape index (κ2) is 4.54. The molecule has 23 heavy (non-hydrogen) atoms. The lowest BCUT2D eigenvalue weighted by Crippen LogP contribution is -2.22. The summed E-state index contributed by atoms with van der Waals surface area (Å²) in [5, 5.41) is 32.6. The van der Waals surface area contributed by atoms with E-state index in [9.17, 15) is 20.3 Å². The highest BCUT2D eigenvalue weighted by Crippen LogP contribution is 2.34. The van der Waals surface area contributed by atoms with Crippen molar-refractivity contribution in [3.8, 4) is 11.5 Å². The maximum Gasteiger partial charge on any atom is 0.270 e. The second-order valence-electron chi connectivity index (χ2n) is 5.30. The van der Waals surface area contributed by atoms with E-state index >= 15 is 0 Å². The molecule has 0 aliphatic carbocycles. The molecule has 4 aromatic rings. The van der Waals surface area contributed by atoms with E-state index in [2.05, 4.69) is 0 Å². The van der Waals surface area contributed by atoms with E-state index in [1.54, 1.807) is 30.5 Å². The number of rotatable bonds is 1. The van der Waals surface area contributed by atoms with Crippen LogP contribution >= 0.6 is 0 Å². The molecule has 0 radical (unpaired) electrons. The Labute approximate surface area is 129 Å². The Morgan fingerprint density at radius 3 is 2.48 bits per heavy atom. The lowest BCUT2D eigenvalue weighted by Gasteiger charge is -2.04. The van der Waals surface area contributed by atoms with Gasteiger partial charge in [-0.15, -0.1) is 0 Å². The maximum atomic E-state index is 10.9. The number of non-ortho nitro benzene ring substituents is 1. The summed E-state index contributed by atoms with van der Waals surface area (Å²) in [6.07, 6.45) is 1.77. The van der Waals surface area contributed by atoms with E-state index in [0.29, 0.717) is 5.39 Å². The number of aromatic nitrogens is 1. The Morgan fingerprint density at radius 2 is 1.70 bits per heavy atom. The summed E-state index contributed by atoms with van der Waals surface area (Å²) < 4.78 is 1.90. The summed E-state index contributed by atoms with van der Waals surface area (Å²) in [6.45, 7) is 0. The lowest BCUT2D eigenvalue weighted by atomic mass is 10.1. The minimum Gasteiger partial charge on any atom is -0.504 e. The van der Waals surface area contributed by atoms with Crippen molar-refractivity contribution in [2.45, 2.75) is 0 Å². The van der Waals surface area contributed by atoms with Gasteiger partial charge in [-0.25, -0.2) is 0 Å². The van der Waals surface area contributed by atoms with Crippen molar-refractivity contribution in [2.75, 3.05) is 0 Å². The van der Waals surface area contributed by atoms with Crippen molar-refractivity contribution in [3.05, 3.63) is 64.8 Å². The van der Waals surface area contributed by atoms with E-state index in [0.717, 1.165) is 21.8 Å². The molecule has 0 fully saturated rings. The highest BCUT2D eigenvalue weighted by atomic mass is 16.6. The fourth-order valence-corrected chi connectivity index (χ4v) is 2.90. The first-order valence-corrected chi connectivity index (χ1v) is 6.92. The SMILES string of the molecule is O=[N+]([O-])c1ccc2c(ccc3c4ccc(O)c(O)c4cc[n+]23)c1. The van der Waals surface area contributed by atoms with Crippen LogP contribution in [0.1, 0.15) is 0 Å². The predicted octanol–water partition coefficient (Wildman–Crippen LogP) is 3.05. The zero-order chi connectivity index (χ0) is 16.1. The van der Waals surface area contributed by atoms with Crippen molar-refractivity contribution in [1.82, 2.24) is 0 Å². The fraction of sp³-hybridized carbons (Fsp3) is 0. The number of hydrogen-bond acceptors (Lipinski definition) is 4. The summed E-state index contributed by atoms with van der Waals surface area (Å²) >= 11 is 0. The van der Waals surface area contributed by atoms with Gasteiger partial charge in [0.15, 0.2) is 17.7 Å². The molecule has 0 spiro atoms. The predicted molar refractivity (Wildman–Crippen MR) is 84.6 cm³/mol. The molecule has 2 heterocycles. The first-order chi connectivity index (χ1) is 11.1. The maximum absolute atomic E-state index is 10.9. The van der Waals surface area contributed by atoms with E-state index in [1.807, 2.05) is 10.5 Å². The number of benzene rings is 2. The molecule has 0 unspecified atom stereocenters. The molecule has 0 aliphatic heterocycles. The molecule has 0 amide bonds. The molecule has 6 nitrogen and oxygen atoms in total. The summed E-state index contributed by atoms with van der Waals surface area (Å²) in [7, 11) is 0. The van der Waals surface area contributed by atoms with Gasteiger partial charge in [0.05, 0.1) is 15.7 Å². The molecule has 2 aromatic carbocycles. The molecule has 0 atom stereocenters. The third kappa shape index (κ3) is 1.85. The van der Waals surface area contributed by atoms with Crippen LogP contribution in [-0.4, -0.2) is 15.1 Å². The molecule has 0 saturated heterocycles. The van der Waals surface area contributed by atoms with Gasteiger partial charge in [-0.05, 0) is 18.2 Å². The summed E-state index contributed by atoms with van der Waals surface area (Å²) in [5.74, 6) is -0.327. The van der Waals surface area contributed by atoms with Crippen LogP contribution in [0.15, 0.2) is 54.7 Å². The molecular formula is C17H11N2O4+. The fourth-order valence-electron chi connectivity index (χ4n) is 2.90. The second-order valence-corrected chi connectivity index (χ2v) is 5.30. The Bertz CT molecular complexity index is 1120. The Morgan fingerprint density at radius 1 is 0.913 bits per heavy atom. The van der Waals surface area contributed by atoms with Crippen molar-refractivity contribution >= 4 is 32.9 Å². The summed E-state index contributed by atoms with van der Waals surface area (Å²) in [4.78, 5) is 10.5. The molecule has 2 aromatic heterocycles. The first-order valence-electron chi connectivity index (χ1n) is 6.92. The number of phenolic OH excluding ortho intramolecular Hbond substituents is 2. The van der Waals surface area contributed by atoms with Gasteiger partial charge in [-0.3, -0.25) is 10.1 Å². The van der Waals surface area contributed by atoms with Crippen LogP contribution in [0.4, 0.5) is 5.69 Å². The standard InChI is InChI=1S/C17H10N2O4/c20-16-6-3-12-13(17(16)21)7-8-18-14-5-2-11(19(22)23)9-10(14)1-4-15(12)18/h1-9,21H/p+1.